The van der Waals surface area contributed by atoms with Crippen LogP contribution in [0.5, 0.6) is 0 Å². The average Bonchev–Trinajstić information content (AvgIpc) is 3.09. The number of hydrogen-bond acceptors (Lipinski definition) is 0. The van der Waals surface area contributed by atoms with Gasteiger partial charge in [-0.25, -0.2) is 0 Å². The Hall–Kier alpha value is 0.360. The Morgan fingerprint density at radius 2 is 0.652 bits per heavy atom. The third-order valence-electron chi connectivity index (χ3n) is 5.06. The molecule has 23 heavy (non-hydrogen) atoms. The maximum absolute atomic E-state index is 10.7. The van der Waals surface area contributed by atoms with E-state index in [1.165, 1.54) is 15.7 Å². The molecule has 8 heteroatoms. The Bertz CT molecular complexity index is 328. The zero-order valence-electron chi connectivity index (χ0n) is 13.3. The van der Waals surface area contributed by atoms with E-state index >= 15 is 0 Å². The van der Waals surface area contributed by atoms with Crippen LogP contribution in [0.4, 0.5) is 25.2 Å². The van der Waals surface area contributed by atoms with Crippen LogP contribution >= 0.6 is 7.81 Å². The van der Waals surface area contributed by atoms with Crippen molar-refractivity contribution >= 4 is 18.7 Å². The summed E-state index contributed by atoms with van der Waals surface area (Å²) < 4.78 is 59.2. The van der Waals surface area contributed by atoms with Crippen LogP contribution < -0.4 is 0 Å². The first-order chi connectivity index (χ1) is 10.4. The molecule has 0 aromatic heterocycles. The summed E-state index contributed by atoms with van der Waals surface area (Å²) in [6, 6.07) is 0. The minimum atomic E-state index is -10.7. The van der Waals surface area contributed by atoms with Crippen LogP contribution in [0, 0.1) is 0 Å². The van der Waals surface area contributed by atoms with Gasteiger partial charge >= 0.3 is 33.0 Å². The van der Waals surface area contributed by atoms with E-state index in [-0.39, 0.29) is 0 Å². The molecule has 3 aliphatic carbocycles. The molecule has 0 atom stereocenters. The van der Waals surface area contributed by atoms with Gasteiger partial charge in [0.2, 0.25) is 0 Å². The summed E-state index contributed by atoms with van der Waals surface area (Å²) in [5, 5.41) is 3.52. The van der Waals surface area contributed by atoms with Crippen molar-refractivity contribution in [1.29, 1.82) is 0 Å². The summed E-state index contributed by atoms with van der Waals surface area (Å²) in [6.45, 7) is 0. The van der Waals surface area contributed by atoms with Gasteiger partial charge in [0.25, 0.3) is 0 Å². The average molecular weight is 384 g/mol. The van der Waals surface area contributed by atoms with Crippen LogP contribution in [0.25, 0.3) is 0 Å². The van der Waals surface area contributed by atoms with Crippen LogP contribution in [-0.4, -0.2) is 15.7 Å². The second kappa shape index (κ2) is 6.59. The fourth-order valence-electron chi connectivity index (χ4n) is 4.30. The van der Waals surface area contributed by atoms with E-state index in [0.717, 1.165) is 10.9 Å². The van der Waals surface area contributed by atoms with Crippen molar-refractivity contribution in [2.24, 2.45) is 0 Å². The summed E-state index contributed by atoms with van der Waals surface area (Å²) in [5.74, 6) is 0. The Balaban J connectivity index is 0.000000236. The van der Waals surface area contributed by atoms with Gasteiger partial charge < -0.3 is 0 Å². The second-order valence-corrected chi connectivity index (χ2v) is 11.8. The predicted octanol–water partition coefficient (Wildman–Crippen LogP) is 7.81. The predicted molar refractivity (Wildman–Crippen MR) is 87.7 cm³/mol. The zero-order chi connectivity index (χ0) is 17.2. The van der Waals surface area contributed by atoms with Gasteiger partial charge in [-0.15, -0.1) is 0 Å². The van der Waals surface area contributed by atoms with E-state index in [0.29, 0.717) is 0 Å². The van der Waals surface area contributed by atoms with Crippen molar-refractivity contribution in [2.45, 2.75) is 92.8 Å². The first kappa shape index (κ1) is 19.7. The first-order valence-corrected chi connectivity index (χ1v) is 12.1. The first-order valence-electron chi connectivity index (χ1n) is 8.67. The molecular formula is C15H27F6PS. The molecule has 0 bridgehead atoms. The molecule has 3 fully saturated rings. The van der Waals surface area contributed by atoms with E-state index < -0.39 is 7.81 Å². The summed E-state index contributed by atoms with van der Waals surface area (Å²) in [7, 11) is -9.81. The summed E-state index contributed by atoms with van der Waals surface area (Å²) in [5.41, 5.74) is 0. The number of halogens is 6. The van der Waals surface area contributed by atoms with E-state index in [1.807, 2.05) is 0 Å². The van der Waals surface area contributed by atoms with Crippen molar-refractivity contribution < 1.29 is 25.2 Å². The quantitative estimate of drug-likeness (QED) is 0.264. The van der Waals surface area contributed by atoms with Crippen molar-refractivity contribution in [1.82, 2.24) is 0 Å². The van der Waals surface area contributed by atoms with Crippen LogP contribution in [-0.2, 0) is 10.9 Å². The van der Waals surface area contributed by atoms with Gasteiger partial charge in [-0.2, -0.15) is 0 Å². The third kappa shape index (κ3) is 8.33. The van der Waals surface area contributed by atoms with Gasteiger partial charge in [-0.05, 0) is 87.9 Å². The molecule has 3 aliphatic rings. The third-order valence-corrected chi connectivity index (χ3v) is 8.78. The molecule has 0 N–H and O–H groups in total. The maximum atomic E-state index is 9.87. The molecule has 0 unspecified atom stereocenters. The monoisotopic (exact) mass is 384 g/mol. The molecule has 3 saturated carbocycles. The summed E-state index contributed by atoms with van der Waals surface area (Å²) in [6.07, 6.45) is 18.9. The van der Waals surface area contributed by atoms with E-state index in [4.69, 9.17) is 0 Å². The van der Waals surface area contributed by atoms with Crippen molar-refractivity contribution in [3.05, 3.63) is 0 Å². The molecule has 0 aromatic carbocycles. The van der Waals surface area contributed by atoms with Gasteiger partial charge in [0.05, 0.1) is 0 Å². The molecule has 0 radical (unpaired) electrons. The van der Waals surface area contributed by atoms with E-state index in [1.54, 1.807) is 77.0 Å². The topological polar surface area (TPSA) is 0 Å². The SMILES string of the molecule is C1CCC([S+](C2CCCC2)C2CCCC2)C1.F[P-](F)(F)(F)(F)F. The van der Waals surface area contributed by atoms with E-state index in [2.05, 4.69) is 0 Å². The van der Waals surface area contributed by atoms with Crippen molar-refractivity contribution in [3.8, 4) is 0 Å². The standard InChI is InChI=1S/C15H27S.F6P/c1-2-8-13(7-1)16(14-9-3-4-10-14)15-11-5-6-12-15;1-7(2,3,4,5)6/h13-15H,1-12H2;/q+1;-1. The molecule has 0 spiro atoms. The Morgan fingerprint density at radius 1 is 0.478 bits per heavy atom. The van der Waals surface area contributed by atoms with Gasteiger partial charge in [0, 0.05) is 0 Å². The summed E-state index contributed by atoms with van der Waals surface area (Å²) in [4.78, 5) is 0. The fraction of sp³-hybridized carbons (Fsp3) is 1.00. The second-order valence-electron chi connectivity index (χ2n) is 7.09. The van der Waals surface area contributed by atoms with Crippen LogP contribution in [0.15, 0.2) is 0 Å². The fourth-order valence-corrected chi connectivity index (χ4v) is 8.56. The zero-order valence-corrected chi connectivity index (χ0v) is 15.1. The molecule has 140 valence electrons. The Morgan fingerprint density at radius 3 is 0.826 bits per heavy atom. The molecule has 0 saturated heterocycles. The van der Waals surface area contributed by atoms with Gasteiger partial charge in [0.1, 0.15) is 15.7 Å². The molecular weight excluding hydrogens is 357 g/mol. The van der Waals surface area contributed by atoms with Gasteiger partial charge in [-0.1, -0.05) is 0 Å². The molecule has 0 heterocycles. The molecule has 0 amide bonds. The Labute approximate surface area is 137 Å². The van der Waals surface area contributed by atoms with Gasteiger partial charge in [-0.3, -0.25) is 0 Å². The molecule has 0 aliphatic heterocycles. The number of hydrogen-bond donors (Lipinski definition) is 0. The van der Waals surface area contributed by atoms with Crippen LogP contribution in [0.2, 0.25) is 0 Å². The van der Waals surface area contributed by atoms with Crippen molar-refractivity contribution in [2.75, 3.05) is 0 Å². The van der Waals surface area contributed by atoms with Gasteiger partial charge in [0.15, 0.2) is 0 Å². The number of rotatable bonds is 3. The van der Waals surface area contributed by atoms with Crippen LogP contribution in [0.3, 0.4) is 0 Å². The normalized spacial score (nSPS) is 27.8. The molecule has 0 nitrogen and oxygen atoms in total. The minimum absolute atomic E-state index is 0.850. The van der Waals surface area contributed by atoms with Crippen molar-refractivity contribution in [3.63, 3.8) is 0 Å². The molecule has 3 rings (SSSR count). The van der Waals surface area contributed by atoms with E-state index in [9.17, 15) is 25.2 Å². The Kier molecular flexibility index (Phi) is 5.64. The van der Waals surface area contributed by atoms with Crippen LogP contribution in [0.1, 0.15) is 77.0 Å². The molecule has 0 aromatic rings. The summed E-state index contributed by atoms with van der Waals surface area (Å²) >= 11 is 0.